The van der Waals surface area contributed by atoms with Crippen LogP contribution in [0.4, 0.5) is 14.9 Å². The van der Waals surface area contributed by atoms with Gasteiger partial charge in [-0.2, -0.15) is 5.10 Å². The van der Waals surface area contributed by atoms with Crippen LogP contribution >= 0.6 is 0 Å². The molecule has 0 aliphatic heterocycles. The summed E-state index contributed by atoms with van der Waals surface area (Å²) in [6.45, 7) is 3.40. The number of nitrogens with one attached hydrogen (secondary N) is 2. The summed E-state index contributed by atoms with van der Waals surface area (Å²) in [6.07, 6.45) is -0.760. The molecule has 0 aromatic heterocycles. The van der Waals surface area contributed by atoms with Gasteiger partial charge < -0.3 is 14.8 Å². The Labute approximate surface area is 127 Å². The van der Waals surface area contributed by atoms with Crippen molar-refractivity contribution < 1.29 is 23.5 Å². The Kier molecular flexibility index (Phi) is 6.81. The fraction of sp³-hybridized carbons (Fsp3) is 0.357. The zero-order valence-corrected chi connectivity index (χ0v) is 12.6. The number of methoxy groups -OCH3 is 1. The second-order valence-corrected chi connectivity index (χ2v) is 4.19. The fourth-order valence-corrected chi connectivity index (χ4v) is 1.52. The molecule has 1 aromatic rings. The van der Waals surface area contributed by atoms with E-state index in [0.717, 1.165) is 0 Å². The Balaban J connectivity index is 2.89. The van der Waals surface area contributed by atoms with E-state index >= 15 is 0 Å². The van der Waals surface area contributed by atoms with Crippen LogP contribution in [-0.4, -0.2) is 37.5 Å². The summed E-state index contributed by atoms with van der Waals surface area (Å²) in [6, 6.07) is 4.53. The maximum Gasteiger partial charge on any atom is 0.427 e. The predicted octanol–water partition coefficient (Wildman–Crippen LogP) is 1.90. The third kappa shape index (κ3) is 5.39. The number of anilines is 1. The van der Waals surface area contributed by atoms with Gasteiger partial charge in [0.25, 0.3) is 0 Å². The summed E-state index contributed by atoms with van der Waals surface area (Å²) in [5.74, 6) is -0.962. The van der Waals surface area contributed by atoms with Crippen molar-refractivity contribution in [3.05, 3.63) is 30.1 Å². The van der Waals surface area contributed by atoms with Crippen LogP contribution in [-0.2, 0) is 14.3 Å². The van der Waals surface area contributed by atoms with E-state index in [2.05, 4.69) is 20.6 Å². The lowest BCUT2D eigenvalue weighted by Crippen LogP contribution is -2.39. The van der Waals surface area contributed by atoms with E-state index in [1.54, 1.807) is 6.92 Å². The minimum atomic E-state index is -0.928. The number of halogens is 1. The number of hydrogen-bond acceptors (Lipinski definition) is 6. The number of amides is 1. The van der Waals surface area contributed by atoms with Gasteiger partial charge in [0.1, 0.15) is 5.82 Å². The Morgan fingerprint density at radius 1 is 1.32 bits per heavy atom. The van der Waals surface area contributed by atoms with Gasteiger partial charge in [0, 0.05) is 5.69 Å². The van der Waals surface area contributed by atoms with Crippen molar-refractivity contribution in [3.8, 4) is 0 Å². The van der Waals surface area contributed by atoms with Gasteiger partial charge in [-0.05, 0) is 38.1 Å². The van der Waals surface area contributed by atoms with Crippen molar-refractivity contribution >= 4 is 23.5 Å². The molecule has 0 aliphatic rings. The largest absolute Gasteiger partial charge is 0.464 e. The molecule has 0 bridgehead atoms. The molecule has 0 aliphatic carbocycles. The molecule has 22 heavy (non-hydrogen) atoms. The molecule has 2 N–H and O–H groups in total. The summed E-state index contributed by atoms with van der Waals surface area (Å²) in [5.41, 5.74) is 2.89. The third-order valence-corrected chi connectivity index (χ3v) is 2.60. The number of hydrogen-bond donors (Lipinski definition) is 2. The lowest BCUT2D eigenvalue weighted by atomic mass is 10.2. The average molecular weight is 311 g/mol. The predicted molar refractivity (Wildman–Crippen MR) is 79.1 cm³/mol. The molecular weight excluding hydrogens is 293 g/mol. The second-order valence-electron chi connectivity index (χ2n) is 4.19. The molecule has 0 saturated heterocycles. The molecule has 120 valence electrons. The van der Waals surface area contributed by atoms with Gasteiger partial charge in [-0.1, -0.05) is 0 Å². The number of nitrogens with zero attached hydrogens (tertiary/aromatic N) is 1. The molecule has 1 aromatic carbocycles. The summed E-state index contributed by atoms with van der Waals surface area (Å²) in [7, 11) is 1.19. The molecule has 0 spiro atoms. The first-order chi connectivity index (χ1) is 10.5. The highest BCUT2D eigenvalue weighted by atomic mass is 19.1. The van der Waals surface area contributed by atoms with Gasteiger partial charge in [0.05, 0.1) is 19.4 Å². The number of carbonyl (C=O) groups excluding carboxylic acids is 2. The highest BCUT2D eigenvalue weighted by molar-refractivity contribution is 6.07. The van der Waals surface area contributed by atoms with Crippen LogP contribution in [0.3, 0.4) is 0 Å². The normalized spacial score (nSPS) is 12.3. The van der Waals surface area contributed by atoms with Crippen molar-refractivity contribution in [1.29, 1.82) is 0 Å². The summed E-state index contributed by atoms with van der Waals surface area (Å²) in [4.78, 5) is 23.0. The van der Waals surface area contributed by atoms with Gasteiger partial charge in [-0.25, -0.2) is 19.4 Å². The molecule has 0 heterocycles. The second kappa shape index (κ2) is 8.60. The molecule has 0 radical (unpaired) electrons. The van der Waals surface area contributed by atoms with Crippen molar-refractivity contribution in [2.45, 2.75) is 19.9 Å². The number of carbonyl (C=O) groups is 2. The van der Waals surface area contributed by atoms with E-state index < -0.39 is 23.9 Å². The van der Waals surface area contributed by atoms with Gasteiger partial charge in [0.15, 0.2) is 6.04 Å². The topological polar surface area (TPSA) is 89.0 Å². The number of hydrazone groups is 1. The van der Waals surface area contributed by atoms with Gasteiger partial charge >= 0.3 is 12.1 Å². The quantitative estimate of drug-likeness (QED) is 0.476. The van der Waals surface area contributed by atoms with Crippen molar-refractivity contribution in [3.63, 3.8) is 0 Å². The molecule has 1 rings (SSSR count). The van der Waals surface area contributed by atoms with Crippen LogP contribution < -0.4 is 10.7 Å². The Hall–Kier alpha value is -2.64. The van der Waals surface area contributed by atoms with Crippen LogP contribution in [0.15, 0.2) is 29.4 Å². The van der Waals surface area contributed by atoms with Crippen molar-refractivity contribution in [2.24, 2.45) is 5.10 Å². The minimum absolute atomic E-state index is 0.193. The maximum atomic E-state index is 12.9. The molecule has 1 unspecified atom stereocenters. The molecule has 1 amide bonds. The van der Waals surface area contributed by atoms with Gasteiger partial charge in [-0.3, -0.25) is 0 Å². The molecule has 0 fully saturated rings. The van der Waals surface area contributed by atoms with Crippen LogP contribution in [0.2, 0.25) is 0 Å². The molecule has 8 heteroatoms. The standard InChI is InChI=1S/C14H18FN3O4/c1-4-22-13(19)12(9(2)17-18-14(20)21-3)16-11-7-5-10(15)6-8-11/h5-8,12,16H,4H2,1-3H3,(H,18,20)/b17-9-. The monoisotopic (exact) mass is 311 g/mol. The highest BCUT2D eigenvalue weighted by Crippen LogP contribution is 2.11. The van der Waals surface area contributed by atoms with E-state index in [9.17, 15) is 14.0 Å². The van der Waals surface area contributed by atoms with Crippen molar-refractivity contribution in [2.75, 3.05) is 19.0 Å². The number of ether oxygens (including phenoxy) is 2. The first-order valence-corrected chi connectivity index (χ1v) is 6.54. The van der Waals surface area contributed by atoms with Crippen molar-refractivity contribution in [1.82, 2.24) is 5.43 Å². The zero-order valence-electron chi connectivity index (χ0n) is 12.6. The van der Waals surface area contributed by atoms with Crippen LogP contribution in [0.25, 0.3) is 0 Å². The minimum Gasteiger partial charge on any atom is -0.464 e. The van der Waals surface area contributed by atoms with Gasteiger partial charge in [0.2, 0.25) is 0 Å². The summed E-state index contributed by atoms with van der Waals surface area (Å²) < 4.78 is 22.2. The van der Waals surface area contributed by atoms with E-state index in [1.165, 1.54) is 38.3 Å². The Morgan fingerprint density at radius 3 is 2.50 bits per heavy atom. The van der Waals surface area contributed by atoms with Crippen LogP contribution in [0.5, 0.6) is 0 Å². The Morgan fingerprint density at radius 2 is 1.95 bits per heavy atom. The van der Waals surface area contributed by atoms with Crippen LogP contribution in [0, 0.1) is 5.82 Å². The highest BCUT2D eigenvalue weighted by Gasteiger charge is 2.23. The lowest BCUT2D eigenvalue weighted by Gasteiger charge is -2.18. The van der Waals surface area contributed by atoms with E-state index in [-0.39, 0.29) is 12.3 Å². The number of benzene rings is 1. The average Bonchev–Trinajstić information content (AvgIpc) is 2.51. The Bertz CT molecular complexity index is 546. The summed E-state index contributed by atoms with van der Waals surface area (Å²) >= 11 is 0. The molecule has 7 nitrogen and oxygen atoms in total. The van der Waals surface area contributed by atoms with E-state index in [1.807, 2.05) is 0 Å². The number of rotatable bonds is 6. The fourth-order valence-electron chi connectivity index (χ4n) is 1.52. The smallest absolute Gasteiger partial charge is 0.427 e. The van der Waals surface area contributed by atoms with E-state index in [4.69, 9.17) is 4.74 Å². The first kappa shape index (κ1) is 17.4. The van der Waals surface area contributed by atoms with Gasteiger partial charge in [-0.15, -0.1) is 0 Å². The summed E-state index contributed by atoms with van der Waals surface area (Å²) in [5, 5.41) is 6.64. The molecule has 0 saturated carbocycles. The lowest BCUT2D eigenvalue weighted by molar-refractivity contribution is -0.142. The SMILES string of the molecule is CCOC(=O)C(Nc1ccc(F)cc1)/C(C)=N\NC(=O)OC. The third-order valence-electron chi connectivity index (χ3n) is 2.60. The zero-order chi connectivity index (χ0) is 16.5. The number of esters is 1. The maximum absolute atomic E-state index is 12.9. The molecular formula is C14H18FN3O4. The van der Waals surface area contributed by atoms with Crippen LogP contribution in [0.1, 0.15) is 13.8 Å². The van der Waals surface area contributed by atoms with E-state index in [0.29, 0.717) is 5.69 Å². The molecule has 1 atom stereocenters. The first-order valence-electron chi connectivity index (χ1n) is 6.54.